The number of carbonyl (C=O) groups is 1. The Bertz CT molecular complexity index is 691. The molecule has 0 saturated heterocycles. The lowest BCUT2D eigenvalue weighted by molar-refractivity contribution is 0.0885. The molecule has 0 aliphatic carbocycles. The molecule has 2 rings (SSSR count). The van der Waals surface area contributed by atoms with Crippen LogP contribution in [-0.4, -0.2) is 37.5 Å². The molecular weight excluding hydrogens is 312 g/mol. The van der Waals surface area contributed by atoms with Gasteiger partial charge in [-0.2, -0.15) is 0 Å². The molecule has 0 fully saturated rings. The van der Waals surface area contributed by atoms with Crippen LogP contribution >= 0.6 is 0 Å². The van der Waals surface area contributed by atoms with Crippen molar-refractivity contribution in [1.82, 2.24) is 9.55 Å². The third-order valence-corrected chi connectivity index (χ3v) is 5.20. The highest BCUT2D eigenvalue weighted by Gasteiger charge is 2.14. The number of carbonyl (C=O) groups excluding carboxylic acids is 1. The first-order chi connectivity index (χ1) is 10.8. The van der Waals surface area contributed by atoms with E-state index in [1.807, 2.05) is 17.6 Å². The average molecular weight is 336 g/mol. The number of methoxy groups -OCH3 is 1. The van der Waals surface area contributed by atoms with Gasteiger partial charge in [-0.3, -0.25) is 0 Å². The van der Waals surface area contributed by atoms with Gasteiger partial charge in [0.1, 0.15) is 18.3 Å². The molecule has 0 bridgehead atoms. The molecule has 0 atom stereocenters. The van der Waals surface area contributed by atoms with Crippen LogP contribution in [0.2, 0.25) is 25.7 Å². The summed E-state index contributed by atoms with van der Waals surface area (Å²) in [6, 6.07) is 6.41. The zero-order valence-electron chi connectivity index (χ0n) is 14.4. The summed E-state index contributed by atoms with van der Waals surface area (Å²) in [5.74, 6) is 1.29. The normalized spacial score (nSPS) is 11.7. The van der Waals surface area contributed by atoms with Gasteiger partial charge in [-0.15, -0.1) is 0 Å². The monoisotopic (exact) mass is 336 g/mol. The highest BCUT2D eigenvalue weighted by Crippen LogP contribution is 2.22. The van der Waals surface area contributed by atoms with Gasteiger partial charge in [-0.05, 0) is 25.1 Å². The van der Waals surface area contributed by atoms with Crippen molar-refractivity contribution in [3.63, 3.8) is 0 Å². The molecule has 1 heterocycles. The number of hydrogen-bond acceptors (Lipinski definition) is 5. The Morgan fingerprint density at radius 2 is 2.04 bits per heavy atom. The highest BCUT2D eigenvalue weighted by atomic mass is 28.3. The zero-order valence-corrected chi connectivity index (χ0v) is 15.4. The van der Waals surface area contributed by atoms with E-state index in [0.717, 1.165) is 29.5 Å². The van der Waals surface area contributed by atoms with E-state index in [0.29, 0.717) is 12.5 Å². The average Bonchev–Trinajstić information content (AvgIpc) is 2.78. The van der Waals surface area contributed by atoms with Crippen molar-refractivity contribution in [3.05, 3.63) is 24.0 Å². The van der Waals surface area contributed by atoms with Crippen LogP contribution in [0.3, 0.4) is 0 Å². The summed E-state index contributed by atoms with van der Waals surface area (Å²) in [5, 5.41) is 0. The quantitative estimate of drug-likeness (QED) is 0.347. The number of nitrogens with zero attached hydrogens (tertiary/aromatic N) is 2. The molecule has 1 aromatic heterocycles. The van der Waals surface area contributed by atoms with Gasteiger partial charge in [0.2, 0.25) is 0 Å². The second kappa shape index (κ2) is 7.14. The third kappa shape index (κ3) is 4.80. The molecule has 2 aromatic rings. The van der Waals surface area contributed by atoms with Gasteiger partial charge in [0, 0.05) is 20.7 Å². The van der Waals surface area contributed by atoms with E-state index in [4.69, 9.17) is 9.47 Å². The van der Waals surface area contributed by atoms with Gasteiger partial charge in [-0.1, -0.05) is 19.6 Å². The molecule has 6 nitrogen and oxygen atoms in total. The summed E-state index contributed by atoms with van der Waals surface area (Å²) in [5.41, 5.74) is 1.71. The second-order valence-corrected chi connectivity index (χ2v) is 12.3. The van der Waals surface area contributed by atoms with E-state index < -0.39 is 14.2 Å². The fourth-order valence-corrected chi connectivity index (χ4v) is 2.88. The molecule has 0 radical (unpaired) electrons. The first-order valence-corrected chi connectivity index (χ1v) is 11.3. The smallest absolute Gasteiger partial charge is 0.437 e. The highest BCUT2D eigenvalue weighted by molar-refractivity contribution is 6.76. The molecule has 1 aromatic carbocycles. The SMILES string of the molecule is COC(=O)Oc1ccc2nc(C)n(COCC[Si](C)(C)C)c2c1. The van der Waals surface area contributed by atoms with Gasteiger partial charge in [0.05, 0.1) is 18.1 Å². The summed E-state index contributed by atoms with van der Waals surface area (Å²) in [4.78, 5) is 15.7. The maximum absolute atomic E-state index is 11.2. The third-order valence-electron chi connectivity index (χ3n) is 3.50. The van der Waals surface area contributed by atoms with Crippen molar-refractivity contribution in [2.75, 3.05) is 13.7 Å². The summed E-state index contributed by atoms with van der Waals surface area (Å²) >= 11 is 0. The lowest BCUT2D eigenvalue weighted by Gasteiger charge is -2.16. The number of aromatic nitrogens is 2. The lowest BCUT2D eigenvalue weighted by Crippen LogP contribution is -2.22. The molecule has 126 valence electrons. The van der Waals surface area contributed by atoms with Crippen LogP contribution in [0.15, 0.2) is 18.2 Å². The topological polar surface area (TPSA) is 62.6 Å². The van der Waals surface area contributed by atoms with Crippen LogP contribution in [0.25, 0.3) is 11.0 Å². The van der Waals surface area contributed by atoms with Gasteiger partial charge >= 0.3 is 6.16 Å². The van der Waals surface area contributed by atoms with Gasteiger partial charge in [0.15, 0.2) is 0 Å². The predicted molar refractivity (Wildman–Crippen MR) is 91.6 cm³/mol. The molecule has 0 N–H and O–H groups in total. The molecule has 23 heavy (non-hydrogen) atoms. The molecule has 0 saturated carbocycles. The molecule has 0 aliphatic rings. The Morgan fingerprint density at radius 1 is 1.30 bits per heavy atom. The van der Waals surface area contributed by atoms with Crippen LogP contribution in [0.5, 0.6) is 5.75 Å². The van der Waals surface area contributed by atoms with Crippen molar-refractivity contribution in [3.8, 4) is 5.75 Å². The Hall–Kier alpha value is -1.86. The van der Waals surface area contributed by atoms with E-state index in [2.05, 4.69) is 29.4 Å². The molecular formula is C16H24N2O4Si. The maximum Gasteiger partial charge on any atom is 0.513 e. The van der Waals surface area contributed by atoms with E-state index in [1.165, 1.54) is 7.11 Å². The Labute approximate surface area is 137 Å². The predicted octanol–water partition coefficient (Wildman–Crippen LogP) is 3.80. The number of ether oxygens (including phenoxy) is 3. The van der Waals surface area contributed by atoms with E-state index in [9.17, 15) is 4.79 Å². The fourth-order valence-electron chi connectivity index (χ4n) is 2.12. The summed E-state index contributed by atoms with van der Waals surface area (Å²) in [6.07, 6.45) is -0.737. The lowest BCUT2D eigenvalue weighted by atomic mass is 10.3. The van der Waals surface area contributed by atoms with Gasteiger partial charge in [0.25, 0.3) is 0 Å². The Kier molecular flexibility index (Phi) is 5.43. The van der Waals surface area contributed by atoms with Crippen LogP contribution in [-0.2, 0) is 16.2 Å². The first-order valence-electron chi connectivity index (χ1n) is 7.60. The van der Waals surface area contributed by atoms with E-state index in [-0.39, 0.29) is 0 Å². The maximum atomic E-state index is 11.2. The number of fused-ring (bicyclic) bond motifs is 1. The minimum absolute atomic E-state index is 0.424. The summed E-state index contributed by atoms with van der Waals surface area (Å²) in [6.45, 7) is 10.1. The number of hydrogen-bond donors (Lipinski definition) is 0. The van der Waals surface area contributed by atoms with Crippen LogP contribution in [0.1, 0.15) is 5.82 Å². The van der Waals surface area contributed by atoms with Crippen molar-refractivity contribution in [2.45, 2.75) is 39.3 Å². The number of benzene rings is 1. The molecule has 0 unspecified atom stereocenters. The summed E-state index contributed by atoms with van der Waals surface area (Å²) < 4.78 is 17.4. The summed E-state index contributed by atoms with van der Waals surface area (Å²) in [7, 11) is 0.180. The second-order valence-electron chi connectivity index (χ2n) is 6.64. The van der Waals surface area contributed by atoms with Gasteiger partial charge in [-0.25, -0.2) is 9.78 Å². The largest absolute Gasteiger partial charge is 0.513 e. The van der Waals surface area contributed by atoms with Crippen molar-refractivity contribution >= 4 is 25.3 Å². The number of aryl methyl sites for hydroxylation is 1. The van der Waals surface area contributed by atoms with Crippen LogP contribution < -0.4 is 4.74 Å². The van der Waals surface area contributed by atoms with Crippen LogP contribution in [0, 0.1) is 6.92 Å². The minimum atomic E-state index is -1.10. The van der Waals surface area contributed by atoms with Crippen LogP contribution in [0.4, 0.5) is 4.79 Å². The number of rotatable bonds is 6. The van der Waals surface area contributed by atoms with E-state index >= 15 is 0 Å². The zero-order chi connectivity index (χ0) is 17.0. The Morgan fingerprint density at radius 3 is 2.70 bits per heavy atom. The Balaban J connectivity index is 2.13. The molecule has 7 heteroatoms. The van der Waals surface area contributed by atoms with Gasteiger partial charge < -0.3 is 18.8 Å². The molecule has 0 amide bonds. The number of imidazole rings is 1. The fraction of sp³-hybridized carbons (Fsp3) is 0.500. The first kappa shape index (κ1) is 17.5. The van der Waals surface area contributed by atoms with Crippen molar-refractivity contribution in [2.24, 2.45) is 0 Å². The van der Waals surface area contributed by atoms with Crippen molar-refractivity contribution in [1.29, 1.82) is 0 Å². The standard InChI is InChI=1S/C16H24N2O4Si/c1-12-17-14-7-6-13(22-16(19)20-2)10-15(14)18(12)11-21-8-9-23(3,4)5/h6-7,10H,8-9,11H2,1-5H3. The van der Waals surface area contributed by atoms with Crippen molar-refractivity contribution < 1.29 is 19.0 Å². The molecule has 0 aliphatic heterocycles. The minimum Gasteiger partial charge on any atom is -0.437 e. The van der Waals surface area contributed by atoms with E-state index in [1.54, 1.807) is 12.1 Å². The molecule has 0 spiro atoms.